The summed E-state index contributed by atoms with van der Waals surface area (Å²) in [4.78, 5) is 0. The number of allylic oxidation sites excluding steroid dienone is 1. The molecule has 2 unspecified atom stereocenters. The molecule has 60 valence electrons. The first-order valence-electron chi connectivity index (χ1n) is 3.36. The van der Waals surface area contributed by atoms with E-state index in [-0.39, 0.29) is 0 Å². The lowest BCUT2D eigenvalue weighted by atomic mass is 10.2. The quantitative estimate of drug-likeness (QED) is 0.476. The van der Waals surface area contributed by atoms with Gasteiger partial charge in [-0.15, -0.1) is 0 Å². The monoisotopic (exact) mass is 146 g/mol. The third-order valence-corrected chi connectivity index (χ3v) is 1.15. The van der Waals surface area contributed by atoms with Gasteiger partial charge in [0.05, 0.1) is 6.61 Å². The van der Waals surface area contributed by atoms with Crippen LogP contribution in [-0.4, -0.2) is 34.1 Å². The van der Waals surface area contributed by atoms with Crippen molar-refractivity contribution in [3.63, 3.8) is 0 Å². The van der Waals surface area contributed by atoms with E-state index in [1.165, 1.54) is 6.08 Å². The summed E-state index contributed by atoms with van der Waals surface area (Å²) < 4.78 is 0. The van der Waals surface area contributed by atoms with Gasteiger partial charge in [-0.25, -0.2) is 0 Å². The van der Waals surface area contributed by atoms with Crippen molar-refractivity contribution in [3.05, 3.63) is 12.2 Å². The maximum absolute atomic E-state index is 8.95. The number of aliphatic hydroxyl groups is 3. The lowest BCUT2D eigenvalue weighted by Gasteiger charge is -2.10. The molecule has 0 aromatic rings. The normalized spacial score (nSPS) is 17.6. The van der Waals surface area contributed by atoms with Gasteiger partial charge in [0.15, 0.2) is 0 Å². The fourth-order valence-corrected chi connectivity index (χ4v) is 0.512. The van der Waals surface area contributed by atoms with E-state index >= 15 is 0 Å². The molecule has 0 heterocycles. The van der Waals surface area contributed by atoms with Crippen LogP contribution in [0, 0.1) is 0 Å². The van der Waals surface area contributed by atoms with Crippen molar-refractivity contribution < 1.29 is 15.3 Å². The van der Waals surface area contributed by atoms with E-state index in [1.807, 2.05) is 6.92 Å². The average Bonchev–Trinajstić information content (AvgIpc) is 1.98. The Bertz CT molecular complexity index is 101. The predicted molar refractivity (Wildman–Crippen MR) is 38.5 cm³/mol. The molecule has 3 N–H and O–H groups in total. The fraction of sp³-hybridized carbons (Fsp3) is 0.714. The zero-order chi connectivity index (χ0) is 7.98. The van der Waals surface area contributed by atoms with Crippen molar-refractivity contribution in [2.75, 3.05) is 6.61 Å². The molecule has 0 radical (unpaired) electrons. The van der Waals surface area contributed by atoms with E-state index in [2.05, 4.69) is 0 Å². The number of rotatable bonds is 4. The highest BCUT2D eigenvalue weighted by Crippen LogP contribution is 1.94. The summed E-state index contributed by atoms with van der Waals surface area (Å²) in [5.74, 6) is 0. The Labute approximate surface area is 60.6 Å². The summed E-state index contributed by atoms with van der Waals surface area (Å²) in [6.07, 6.45) is 2.03. The molecular formula is C7H14O3. The Morgan fingerprint density at radius 3 is 2.40 bits per heavy atom. The lowest BCUT2D eigenvalue weighted by molar-refractivity contribution is 0.00938. The molecule has 2 atom stereocenters. The van der Waals surface area contributed by atoms with Crippen molar-refractivity contribution in [2.24, 2.45) is 0 Å². The molecule has 0 rings (SSSR count). The molecule has 0 saturated carbocycles. The third-order valence-electron chi connectivity index (χ3n) is 1.15. The summed E-state index contributed by atoms with van der Waals surface area (Å²) in [5, 5.41) is 26.1. The standard InChI is InChI=1S/C7H14O3/c1-2-3-4-6(9)7(10)5-8/h3-4,6-10H,2,5H2,1H3. The highest BCUT2D eigenvalue weighted by Gasteiger charge is 2.09. The Kier molecular flexibility index (Phi) is 5.20. The van der Waals surface area contributed by atoms with Gasteiger partial charge < -0.3 is 15.3 Å². The van der Waals surface area contributed by atoms with Crippen molar-refractivity contribution in [1.82, 2.24) is 0 Å². The third kappa shape index (κ3) is 3.61. The Morgan fingerprint density at radius 2 is 2.00 bits per heavy atom. The minimum atomic E-state index is -1.05. The van der Waals surface area contributed by atoms with Gasteiger partial charge in [-0.3, -0.25) is 0 Å². The molecule has 3 heteroatoms. The van der Waals surface area contributed by atoms with Gasteiger partial charge in [0.2, 0.25) is 0 Å². The second kappa shape index (κ2) is 5.41. The molecular weight excluding hydrogens is 132 g/mol. The van der Waals surface area contributed by atoms with Gasteiger partial charge in [0.1, 0.15) is 12.2 Å². The van der Waals surface area contributed by atoms with Gasteiger partial charge in [-0.2, -0.15) is 0 Å². The highest BCUT2D eigenvalue weighted by molar-refractivity contribution is 4.91. The van der Waals surface area contributed by atoms with Crippen LogP contribution in [0.3, 0.4) is 0 Å². The molecule has 0 amide bonds. The lowest BCUT2D eigenvalue weighted by Crippen LogP contribution is -2.27. The molecule has 0 bridgehead atoms. The minimum absolute atomic E-state index is 0.408. The first-order chi connectivity index (χ1) is 4.72. The molecule has 0 aromatic heterocycles. The Morgan fingerprint density at radius 1 is 1.40 bits per heavy atom. The smallest absolute Gasteiger partial charge is 0.106 e. The summed E-state index contributed by atoms with van der Waals surface area (Å²) in [5.41, 5.74) is 0. The van der Waals surface area contributed by atoms with Gasteiger partial charge in [0, 0.05) is 0 Å². The van der Waals surface area contributed by atoms with Crippen molar-refractivity contribution in [1.29, 1.82) is 0 Å². The molecule has 10 heavy (non-hydrogen) atoms. The highest BCUT2D eigenvalue weighted by atomic mass is 16.4. The fourth-order valence-electron chi connectivity index (χ4n) is 0.512. The van der Waals surface area contributed by atoms with E-state index in [9.17, 15) is 0 Å². The molecule has 3 nitrogen and oxygen atoms in total. The van der Waals surface area contributed by atoms with Gasteiger partial charge in [0.25, 0.3) is 0 Å². The number of aliphatic hydroxyl groups excluding tert-OH is 3. The molecule has 0 aliphatic rings. The zero-order valence-corrected chi connectivity index (χ0v) is 6.07. The van der Waals surface area contributed by atoms with Crippen molar-refractivity contribution in [2.45, 2.75) is 25.6 Å². The number of hydrogen-bond acceptors (Lipinski definition) is 3. The topological polar surface area (TPSA) is 60.7 Å². The van der Waals surface area contributed by atoms with Crippen LogP contribution in [0.2, 0.25) is 0 Å². The molecule has 0 aliphatic heterocycles. The summed E-state index contributed by atoms with van der Waals surface area (Å²) in [7, 11) is 0. The van der Waals surface area contributed by atoms with Crippen LogP contribution in [0.1, 0.15) is 13.3 Å². The van der Waals surface area contributed by atoms with Gasteiger partial charge >= 0.3 is 0 Å². The molecule has 0 spiro atoms. The van der Waals surface area contributed by atoms with E-state index in [0.29, 0.717) is 0 Å². The molecule has 0 aliphatic carbocycles. The summed E-state index contributed by atoms with van der Waals surface area (Å²) in [6.45, 7) is 1.52. The van der Waals surface area contributed by atoms with E-state index in [1.54, 1.807) is 6.08 Å². The second-order valence-corrected chi connectivity index (χ2v) is 2.08. The van der Waals surface area contributed by atoms with E-state index < -0.39 is 18.8 Å². The first-order valence-corrected chi connectivity index (χ1v) is 3.36. The molecule has 0 saturated heterocycles. The van der Waals surface area contributed by atoms with Crippen LogP contribution in [0.4, 0.5) is 0 Å². The Hall–Kier alpha value is -0.380. The minimum Gasteiger partial charge on any atom is -0.394 e. The summed E-state index contributed by atoms with van der Waals surface area (Å²) >= 11 is 0. The van der Waals surface area contributed by atoms with Gasteiger partial charge in [-0.1, -0.05) is 19.1 Å². The maximum atomic E-state index is 8.95. The van der Waals surface area contributed by atoms with Crippen molar-refractivity contribution >= 4 is 0 Å². The van der Waals surface area contributed by atoms with E-state index in [0.717, 1.165) is 6.42 Å². The molecule has 0 aromatic carbocycles. The average molecular weight is 146 g/mol. The molecule has 0 fully saturated rings. The van der Waals surface area contributed by atoms with Crippen molar-refractivity contribution in [3.8, 4) is 0 Å². The van der Waals surface area contributed by atoms with Crippen LogP contribution >= 0.6 is 0 Å². The van der Waals surface area contributed by atoms with Crippen LogP contribution in [-0.2, 0) is 0 Å². The van der Waals surface area contributed by atoms with E-state index in [4.69, 9.17) is 15.3 Å². The SMILES string of the molecule is CCC=CC(O)C(O)CO. The van der Waals surface area contributed by atoms with Crippen LogP contribution < -0.4 is 0 Å². The maximum Gasteiger partial charge on any atom is 0.106 e. The van der Waals surface area contributed by atoms with Gasteiger partial charge in [-0.05, 0) is 6.42 Å². The second-order valence-electron chi connectivity index (χ2n) is 2.08. The summed E-state index contributed by atoms with van der Waals surface area (Å²) in [6, 6.07) is 0. The Balaban J connectivity index is 3.60. The van der Waals surface area contributed by atoms with Crippen LogP contribution in [0.15, 0.2) is 12.2 Å². The zero-order valence-electron chi connectivity index (χ0n) is 6.07. The predicted octanol–water partition coefficient (Wildman–Crippen LogP) is -0.333. The largest absolute Gasteiger partial charge is 0.394 e. The van der Waals surface area contributed by atoms with Crippen LogP contribution in [0.25, 0.3) is 0 Å². The first kappa shape index (κ1) is 9.62. The number of hydrogen-bond donors (Lipinski definition) is 3. The van der Waals surface area contributed by atoms with Crippen LogP contribution in [0.5, 0.6) is 0 Å².